The first-order chi connectivity index (χ1) is 14.5. The molecule has 0 aliphatic carbocycles. The Labute approximate surface area is 175 Å². The van der Waals surface area contributed by atoms with Gasteiger partial charge in [-0.25, -0.2) is 0 Å². The number of fused-ring (bicyclic) bond motifs is 1. The second kappa shape index (κ2) is 9.82. The maximum absolute atomic E-state index is 12.4. The third-order valence-corrected chi connectivity index (χ3v) is 4.72. The number of aromatic nitrogens is 1. The van der Waals surface area contributed by atoms with E-state index in [2.05, 4.69) is 29.7 Å². The SMILES string of the molecule is COc1cc(C(=O)NNC(=O)Cc2c[nH]c3ccccc23)ccc1OCCC(C)C. The Morgan fingerprint density at radius 2 is 1.87 bits per heavy atom. The van der Waals surface area contributed by atoms with Gasteiger partial charge in [0.25, 0.3) is 5.91 Å². The number of methoxy groups -OCH3 is 1. The zero-order valence-corrected chi connectivity index (χ0v) is 17.5. The summed E-state index contributed by atoms with van der Waals surface area (Å²) in [5.74, 6) is 0.839. The van der Waals surface area contributed by atoms with E-state index in [9.17, 15) is 9.59 Å². The summed E-state index contributed by atoms with van der Waals surface area (Å²) in [4.78, 5) is 27.8. The Bertz CT molecular complexity index is 1030. The molecule has 0 spiro atoms. The maximum atomic E-state index is 12.4. The van der Waals surface area contributed by atoms with Gasteiger partial charge >= 0.3 is 0 Å². The number of aromatic amines is 1. The number of benzene rings is 2. The van der Waals surface area contributed by atoms with Crippen molar-refractivity contribution in [2.45, 2.75) is 26.7 Å². The number of hydrazine groups is 1. The summed E-state index contributed by atoms with van der Waals surface area (Å²) in [6.45, 7) is 4.82. The van der Waals surface area contributed by atoms with Crippen molar-refractivity contribution in [2.24, 2.45) is 5.92 Å². The predicted octanol–water partition coefficient (Wildman–Crippen LogP) is 3.61. The van der Waals surface area contributed by atoms with Crippen LogP contribution in [0.4, 0.5) is 0 Å². The van der Waals surface area contributed by atoms with E-state index in [4.69, 9.17) is 9.47 Å². The molecule has 1 aromatic heterocycles. The van der Waals surface area contributed by atoms with Crippen LogP contribution < -0.4 is 20.3 Å². The predicted molar refractivity (Wildman–Crippen MR) is 116 cm³/mol. The van der Waals surface area contributed by atoms with E-state index in [1.165, 1.54) is 7.11 Å². The molecule has 0 fully saturated rings. The molecule has 0 bridgehead atoms. The zero-order valence-electron chi connectivity index (χ0n) is 17.5. The van der Waals surface area contributed by atoms with Crippen LogP contribution in [0.5, 0.6) is 11.5 Å². The van der Waals surface area contributed by atoms with Crippen LogP contribution in [0, 0.1) is 5.92 Å². The van der Waals surface area contributed by atoms with Crippen molar-refractivity contribution >= 4 is 22.7 Å². The molecule has 0 radical (unpaired) electrons. The molecule has 0 saturated heterocycles. The molecule has 0 aliphatic rings. The summed E-state index contributed by atoms with van der Waals surface area (Å²) in [6.07, 6.45) is 2.87. The van der Waals surface area contributed by atoms with Gasteiger partial charge in [-0.3, -0.25) is 20.4 Å². The van der Waals surface area contributed by atoms with Crippen LogP contribution in [0.3, 0.4) is 0 Å². The first kappa shape index (κ1) is 21.2. The monoisotopic (exact) mass is 409 g/mol. The lowest BCUT2D eigenvalue weighted by Crippen LogP contribution is -2.42. The molecule has 3 aromatic rings. The quantitative estimate of drug-likeness (QED) is 0.496. The average Bonchev–Trinajstić information content (AvgIpc) is 3.14. The zero-order chi connectivity index (χ0) is 21.5. The smallest absolute Gasteiger partial charge is 0.269 e. The fourth-order valence-corrected chi connectivity index (χ4v) is 3.03. The molecule has 0 atom stereocenters. The molecule has 7 nitrogen and oxygen atoms in total. The van der Waals surface area contributed by atoms with Gasteiger partial charge < -0.3 is 14.5 Å². The number of rotatable bonds is 8. The number of nitrogens with one attached hydrogen (secondary N) is 3. The number of amides is 2. The van der Waals surface area contributed by atoms with E-state index in [1.54, 1.807) is 24.4 Å². The van der Waals surface area contributed by atoms with Gasteiger partial charge in [0.1, 0.15) is 0 Å². The van der Waals surface area contributed by atoms with Gasteiger partial charge in [-0.15, -0.1) is 0 Å². The molecule has 0 aliphatic heterocycles. The van der Waals surface area contributed by atoms with E-state index < -0.39 is 5.91 Å². The fraction of sp³-hybridized carbons (Fsp3) is 0.304. The Balaban J connectivity index is 1.56. The van der Waals surface area contributed by atoms with Crippen molar-refractivity contribution in [3.05, 3.63) is 59.8 Å². The van der Waals surface area contributed by atoms with Crippen LogP contribution in [-0.2, 0) is 11.2 Å². The van der Waals surface area contributed by atoms with Crippen LogP contribution in [-0.4, -0.2) is 30.5 Å². The standard InChI is InChI=1S/C23H27N3O4/c1-15(2)10-11-30-20-9-8-16(12-21(20)29-3)23(28)26-25-22(27)13-17-14-24-19-7-5-4-6-18(17)19/h4-9,12,14-15,24H,10-11,13H2,1-3H3,(H,25,27)(H,26,28). The first-order valence-corrected chi connectivity index (χ1v) is 9.93. The van der Waals surface area contributed by atoms with Crippen molar-refractivity contribution in [3.8, 4) is 11.5 Å². The summed E-state index contributed by atoms with van der Waals surface area (Å²) >= 11 is 0. The van der Waals surface area contributed by atoms with Crippen LogP contribution in [0.2, 0.25) is 0 Å². The number of ether oxygens (including phenoxy) is 2. The maximum Gasteiger partial charge on any atom is 0.269 e. The van der Waals surface area contributed by atoms with Gasteiger partial charge in [-0.1, -0.05) is 32.0 Å². The molecule has 0 unspecified atom stereocenters. The van der Waals surface area contributed by atoms with Crippen LogP contribution >= 0.6 is 0 Å². The first-order valence-electron chi connectivity index (χ1n) is 9.93. The third kappa shape index (κ3) is 5.31. The number of para-hydroxylation sites is 1. The fourth-order valence-electron chi connectivity index (χ4n) is 3.03. The Kier molecular flexibility index (Phi) is 6.95. The van der Waals surface area contributed by atoms with Gasteiger partial charge in [0.2, 0.25) is 5.91 Å². The minimum atomic E-state index is -0.436. The number of hydrogen-bond acceptors (Lipinski definition) is 4. The molecular formula is C23H27N3O4. The van der Waals surface area contributed by atoms with Gasteiger partial charge in [-0.2, -0.15) is 0 Å². The second-order valence-corrected chi connectivity index (χ2v) is 7.44. The molecular weight excluding hydrogens is 382 g/mol. The molecule has 30 heavy (non-hydrogen) atoms. The van der Waals surface area contributed by atoms with Crippen LogP contribution in [0.1, 0.15) is 36.2 Å². The minimum Gasteiger partial charge on any atom is -0.493 e. The normalized spacial score (nSPS) is 10.8. The highest BCUT2D eigenvalue weighted by atomic mass is 16.5. The van der Waals surface area contributed by atoms with Gasteiger partial charge in [-0.05, 0) is 42.2 Å². The Hall–Kier alpha value is -3.48. The van der Waals surface area contributed by atoms with Crippen LogP contribution in [0.25, 0.3) is 10.9 Å². The minimum absolute atomic E-state index is 0.149. The lowest BCUT2D eigenvalue weighted by Gasteiger charge is -2.13. The van der Waals surface area contributed by atoms with Crippen molar-refractivity contribution in [1.29, 1.82) is 0 Å². The van der Waals surface area contributed by atoms with Crippen LogP contribution in [0.15, 0.2) is 48.7 Å². The average molecular weight is 409 g/mol. The highest BCUT2D eigenvalue weighted by molar-refractivity contribution is 5.96. The summed E-state index contributed by atoms with van der Waals surface area (Å²) in [5, 5.41) is 0.983. The number of hydrogen-bond donors (Lipinski definition) is 3. The molecule has 158 valence electrons. The number of carbonyl (C=O) groups is 2. The van der Waals surface area contributed by atoms with E-state index in [-0.39, 0.29) is 12.3 Å². The molecule has 3 N–H and O–H groups in total. The van der Waals surface area contributed by atoms with E-state index in [0.717, 1.165) is 22.9 Å². The van der Waals surface area contributed by atoms with Gasteiger partial charge in [0.05, 0.1) is 20.1 Å². The van der Waals surface area contributed by atoms with Crippen molar-refractivity contribution in [2.75, 3.05) is 13.7 Å². The van der Waals surface area contributed by atoms with E-state index >= 15 is 0 Å². The molecule has 2 amide bonds. The van der Waals surface area contributed by atoms with Crippen molar-refractivity contribution in [3.63, 3.8) is 0 Å². The highest BCUT2D eigenvalue weighted by Gasteiger charge is 2.13. The number of H-pyrrole nitrogens is 1. The Morgan fingerprint density at radius 3 is 2.63 bits per heavy atom. The summed E-state index contributed by atoms with van der Waals surface area (Å²) in [5.41, 5.74) is 7.09. The lowest BCUT2D eigenvalue weighted by atomic mass is 10.1. The highest BCUT2D eigenvalue weighted by Crippen LogP contribution is 2.28. The summed E-state index contributed by atoms with van der Waals surface area (Å²) < 4.78 is 11.1. The van der Waals surface area contributed by atoms with Gasteiger partial charge in [0, 0.05) is 22.7 Å². The van der Waals surface area contributed by atoms with Gasteiger partial charge in [0.15, 0.2) is 11.5 Å². The Morgan fingerprint density at radius 1 is 1.07 bits per heavy atom. The molecule has 0 saturated carbocycles. The molecule has 2 aromatic carbocycles. The summed E-state index contributed by atoms with van der Waals surface area (Å²) in [7, 11) is 1.52. The van der Waals surface area contributed by atoms with Crippen molar-refractivity contribution < 1.29 is 19.1 Å². The topological polar surface area (TPSA) is 92.5 Å². The van der Waals surface area contributed by atoms with Crippen molar-refractivity contribution in [1.82, 2.24) is 15.8 Å². The summed E-state index contributed by atoms with van der Waals surface area (Å²) in [6, 6.07) is 12.7. The van der Waals surface area contributed by atoms with E-state index in [1.807, 2.05) is 24.3 Å². The van der Waals surface area contributed by atoms with E-state index in [0.29, 0.717) is 29.6 Å². The molecule has 1 heterocycles. The lowest BCUT2D eigenvalue weighted by molar-refractivity contribution is -0.121. The second-order valence-electron chi connectivity index (χ2n) is 7.44. The molecule has 3 rings (SSSR count). The molecule has 7 heteroatoms. The largest absolute Gasteiger partial charge is 0.493 e. The number of carbonyl (C=O) groups excluding carboxylic acids is 2. The third-order valence-electron chi connectivity index (χ3n) is 4.72.